The van der Waals surface area contributed by atoms with E-state index in [1.165, 1.54) is 6.07 Å². The maximum absolute atomic E-state index is 13.4. The van der Waals surface area contributed by atoms with E-state index in [4.69, 9.17) is 10.5 Å². The number of ether oxygens (including phenoxy) is 1. The van der Waals surface area contributed by atoms with Gasteiger partial charge in [-0.3, -0.25) is 0 Å². The lowest BCUT2D eigenvalue weighted by atomic mass is 10.00. The lowest BCUT2D eigenvalue weighted by molar-refractivity contribution is 0.101. The van der Waals surface area contributed by atoms with Crippen molar-refractivity contribution in [2.75, 3.05) is 6.61 Å². The zero-order valence-corrected chi connectivity index (χ0v) is 9.36. The van der Waals surface area contributed by atoms with E-state index in [-0.39, 0.29) is 11.9 Å². The third-order valence-corrected chi connectivity index (χ3v) is 3.13. The highest BCUT2D eigenvalue weighted by atomic mass is 19.1. The zero-order chi connectivity index (χ0) is 11.4. The fourth-order valence-corrected chi connectivity index (χ4v) is 2.17. The molecule has 1 aliphatic rings. The number of hydrogen-bond donors (Lipinski definition) is 1. The fourth-order valence-electron chi connectivity index (χ4n) is 2.17. The maximum Gasteiger partial charge on any atom is 0.127 e. The van der Waals surface area contributed by atoms with Gasteiger partial charge in [-0.05, 0) is 31.7 Å². The molecule has 0 spiro atoms. The zero-order valence-electron chi connectivity index (χ0n) is 9.36. The molecule has 1 aromatic rings. The van der Waals surface area contributed by atoms with Gasteiger partial charge in [0.25, 0.3) is 0 Å². The summed E-state index contributed by atoms with van der Waals surface area (Å²) in [6, 6.07) is 6.51. The van der Waals surface area contributed by atoms with Crippen LogP contribution in [0.4, 0.5) is 4.39 Å². The molecule has 1 aromatic carbocycles. The van der Waals surface area contributed by atoms with Crippen molar-refractivity contribution < 1.29 is 9.13 Å². The SMILES string of the molecule is NC(CCC1CCCO1)c1ccccc1F. The van der Waals surface area contributed by atoms with Gasteiger partial charge in [-0.1, -0.05) is 18.2 Å². The first-order valence-electron chi connectivity index (χ1n) is 5.89. The summed E-state index contributed by atoms with van der Waals surface area (Å²) >= 11 is 0. The molecule has 16 heavy (non-hydrogen) atoms. The summed E-state index contributed by atoms with van der Waals surface area (Å²) in [6.07, 6.45) is 4.29. The maximum atomic E-state index is 13.4. The number of halogens is 1. The molecule has 2 unspecified atom stereocenters. The third-order valence-electron chi connectivity index (χ3n) is 3.13. The van der Waals surface area contributed by atoms with Crippen LogP contribution in [0.15, 0.2) is 24.3 Å². The van der Waals surface area contributed by atoms with Gasteiger partial charge in [-0.15, -0.1) is 0 Å². The molecule has 2 atom stereocenters. The predicted octanol–water partition coefficient (Wildman–Crippen LogP) is 2.78. The molecule has 0 aliphatic carbocycles. The van der Waals surface area contributed by atoms with Crippen molar-refractivity contribution in [3.05, 3.63) is 35.6 Å². The minimum atomic E-state index is -0.217. The lowest BCUT2D eigenvalue weighted by Crippen LogP contribution is -2.15. The van der Waals surface area contributed by atoms with Crippen molar-refractivity contribution in [1.82, 2.24) is 0 Å². The van der Waals surface area contributed by atoms with E-state index in [2.05, 4.69) is 0 Å². The molecule has 2 N–H and O–H groups in total. The molecule has 0 radical (unpaired) electrons. The van der Waals surface area contributed by atoms with Crippen LogP contribution in [0.3, 0.4) is 0 Å². The Bertz CT molecular complexity index is 336. The Morgan fingerprint density at radius 1 is 1.44 bits per heavy atom. The topological polar surface area (TPSA) is 35.2 Å². The van der Waals surface area contributed by atoms with Crippen molar-refractivity contribution in [3.63, 3.8) is 0 Å². The van der Waals surface area contributed by atoms with E-state index < -0.39 is 0 Å². The smallest absolute Gasteiger partial charge is 0.127 e. The van der Waals surface area contributed by atoms with E-state index in [9.17, 15) is 4.39 Å². The average molecular weight is 223 g/mol. The molecule has 1 saturated heterocycles. The Labute approximate surface area is 95.6 Å². The molecule has 1 fully saturated rings. The van der Waals surface area contributed by atoms with Crippen LogP contribution in [0.5, 0.6) is 0 Å². The first-order valence-corrected chi connectivity index (χ1v) is 5.89. The molecule has 2 rings (SSSR count). The molecule has 0 aromatic heterocycles. The molecule has 0 bridgehead atoms. The van der Waals surface area contributed by atoms with E-state index >= 15 is 0 Å². The van der Waals surface area contributed by atoms with E-state index in [0.29, 0.717) is 11.7 Å². The number of benzene rings is 1. The van der Waals surface area contributed by atoms with Gasteiger partial charge < -0.3 is 10.5 Å². The van der Waals surface area contributed by atoms with E-state index in [1.807, 2.05) is 6.07 Å². The minimum Gasteiger partial charge on any atom is -0.378 e. The lowest BCUT2D eigenvalue weighted by Gasteiger charge is -2.15. The molecule has 1 heterocycles. The van der Waals surface area contributed by atoms with Gasteiger partial charge in [0.15, 0.2) is 0 Å². The summed E-state index contributed by atoms with van der Waals surface area (Å²) in [7, 11) is 0. The Hall–Kier alpha value is -0.930. The summed E-state index contributed by atoms with van der Waals surface area (Å²) in [6.45, 7) is 0.861. The van der Waals surface area contributed by atoms with Crippen molar-refractivity contribution in [2.24, 2.45) is 5.73 Å². The molecular weight excluding hydrogens is 205 g/mol. The molecule has 0 saturated carbocycles. The summed E-state index contributed by atoms with van der Waals surface area (Å²) in [4.78, 5) is 0. The van der Waals surface area contributed by atoms with Crippen LogP contribution < -0.4 is 5.73 Å². The largest absolute Gasteiger partial charge is 0.378 e. The van der Waals surface area contributed by atoms with Gasteiger partial charge in [-0.2, -0.15) is 0 Å². The van der Waals surface area contributed by atoms with Crippen molar-refractivity contribution in [2.45, 2.75) is 37.8 Å². The molecule has 1 aliphatic heterocycles. The molecule has 3 heteroatoms. The van der Waals surface area contributed by atoms with Gasteiger partial charge in [0.1, 0.15) is 5.82 Å². The second-order valence-electron chi connectivity index (χ2n) is 4.34. The Morgan fingerprint density at radius 2 is 2.25 bits per heavy atom. The number of rotatable bonds is 4. The van der Waals surface area contributed by atoms with Crippen molar-refractivity contribution in [1.29, 1.82) is 0 Å². The monoisotopic (exact) mass is 223 g/mol. The summed E-state index contributed by atoms with van der Waals surface area (Å²) in [5.41, 5.74) is 6.59. The molecule has 0 amide bonds. The highest BCUT2D eigenvalue weighted by Crippen LogP contribution is 2.23. The second kappa shape index (κ2) is 5.41. The Balaban J connectivity index is 1.87. The van der Waals surface area contributed by atoms with Gasteiger partial charge in [0.05, 0.1) is 6.10 Å². The first kappa shape index (κ1) is 11.6. The van der Waals surface area contributed by atoms with Gasteiger partial charge in [-0.25, -0.2) is 4.39 Å². The quantitative estimate of drug-likeness (QED) is 0.851. The fraction of sp³-hybridized carbons (Fsp3) is 0.538. The van der Waals surface area contributed by atoms with Crippen LogP contribution >= 0.6 is 0 Å². The van der Waals surface area contributed by atoms with E-state index in [0.717, 1.165) is 32.3 Å². The van der Waals surface area contributed by atoms with Crippen LogP contribution in [0, 0.1) is 5.82 Å². The van der Waals surface area contributed by atoms with Crippen LogP contribution in [0.25, 0.3) is 0 Å². The van der Waals surface area contributed by atoms with Crippen LogP contribution in [-0.2, 0) is 4.74 Å². The van der Waals surface area contributed by atoms with Gasteiger partial charge >= 0.3 is 0 Å². The third kappa shape index (κ3) is 2.80. The second-order valence-corrected chi connectivity index (χ2v) is 4.34. The normalized spacial score (nSPS) is 22.2. The Morgan fingerprint density at radius 3 is 2.94 bits per heavy atom. The first-order chi connectivity index (χ1) is 7.77. The average Bonchev–Trinajstić information content (AvgIpc) is 2.79. The van der Waals surface area contributed by atoms with Crippen molar-refractivity contribution >= 4 is 0 Å². The number of nitrogens with two attached hydrogens (primary N) is 1. The van der Waals surface area contributed by atoms with Gasteiger partial charge in [0.2, 0.25) is 0 Å². The Kier molecular flexibility index (Phi) is 3.91. The summed E-state index contributed by atoms with van der Waals surface area (Å²) in [5, 5.41) is 0. The summed E-state index contributed by atoms with van der Waals surface area (Å²) < 4.78 is 18.9. The summed E-state index contributed by atoms with van der Waals surface area (Å²) in [5.74, 6) is -0.206. The molecule has 88 valence electrons. The van der Waals surface area contributed by atoms with Crippen LogP contribution in [0.2, 0.25) is 0 Å². The van der Waals surface area contributed by atoms with Crippen LogP contribution in [-0.4, -0.2) is 12.7 Å². The van der Waals surface area contributed by atoms with E-state index in [1.54, 1.807) is 12.1 Å². The predicted molar refractivity (Wildman–Crippen MR) is 61.5 cm³/mol. The molecular formula is C13H18FNO. The molecule has 2 nitrogen and oxygen atoms in total. The van der Waals surface area contributed by atoms with Crippen molar-refractivity contribution in [3.8, 4) is 0 Å². The number of hydrogen-bond acceptors (Lipinski definition) is 2. The minimum absolute atomic E-state index is 0.206. The van der Waals surface area contributed by atoms with Crippen LogP contribution in [0.1, 0.15) is 37.3 Å². The van der Waals surface area contributed by atoms with Gasteiger partial charge in [0, 0.05) is 18.2 Å². The highest BCUT2D eigenvalue weighted by Gasteiger charge is 2.18. The standard InChI is InChI=1S/C13H18FNO/c14-12-6-2-1-5-11(12)13(15)8-7-10-4-3-9-16-10/h1-2,5-6,10,13H,3-4,7-9,15H2. The highest BCUT2D eigenvalue weighted by molar-refractivity contribution is 5.20.